The minimum Gasteiger partial charge on any atom is -0.494 e. The summed E-state index contributed by atoms with van der Waals surface area (Å²) in [5.41, 5.74) is 0. The van der Waals surface area contributed by atoms with Crippen molar-refractivity contribution in [1.29, 1.82) is 0 Å². The van der Waals surface area contributed by atoms with Gasteiger partial charge in [0.2, 0.25) is 10.0 Å². The van der Waals surface area contributed by atoms with Gasteiger partial charge < -0.3 is 14.4 Å². The van der Waals surface area contributed by atoms with E-state index in [0.717, 1.165) is 22.0 Å². The predicted molar refractivity (Wildman–Crippen MR) is 119 cm³/mol. The quantitative estimate of drug-likeness (QED) is 0.217. The van der Waals surface area contributed by atoms with Gasteiger partial charge in [0.1, 0.15) is 18.3 Å². The van der Waals surface area contributed by atoms with E-state index in [1.54, 1.807) is 12.1 Å². The minimum atomic E-state index is -4.11. The van der Waals surface area contributed by atoms with Crippen LogP contribution in [0.25, 0.3) is 0 Å². The molecule has 2 aliphatic rings. The second-order valence-corrected chi connectivity index (χ2v) is 9.78. The standard InChI is InChI=1S/C22H29N3O7S/c1-4-6-12-32-17-7-9-18(10-8-17)33(29,30)24-14-16(13-19(24)21(27)31-3)25-20(26)15-23(11-5-2)22(25)28/h5,7-10,16,19H,2,4,6,11-15H2,1,3H3/t16-,19+/m0/s1. The third-order valence-corrected chi connectivity index (χ3v) is 7.58. The summed E-state index contributed by atoms with van der Waals surface area (Å²) in [6.45, 7) is 6.03. The Kier molecular flexibility index (Phi) is 7.75. The second-order valence-electron chi connectivity index (χ2n) is 7.89. The molecule has 2 saturated heterocycles. The summed E-state index contributed by atoms with van der Waals surface area (Å²) >= 11 is 0. The zero-order valence-electron chi connectivity index (χ0n) is 18.8. The zero-order valence-corrected chi connectivity index (χ0v) is 19.6. The van der Waals surface area contributed by atoms with Gasteiger partial charge >= 0.3 is 12.0 Å². The average Bonchev–Trinajstić information content (AvgIpc) is 3.35. The van der Waals surface area contributed by atoms with Gasteiger partial charge in [0, 0.05) is 13.1 Å². The second kappa shape index (κ2) is 10.3. The number of sulfonamides is 1. The van der Waals surface area contributed by atoms with Crippen molar-refractivity contribution in [3.05, 3.63) is 36.9 Å². The van der Waals surface area contributed by atoms with Crippen molar-refractivity contribution in [2.45, 2.75) is 43.2 Å². The molecule has 0 saturated carbocycles. The van der Waals surface area contributed by atoms with E-state index in [2.05, 4.69) is 6.58 Å². The monoisotopic (exact) mass is 479 g/mol. The number of methoxy groups -OCH3 is 1. The van der Waals surface area contributed by atoms with Crippen molar-refractivity contribution in [2.24, 2.45) is 0 Å². The summed E-state index contributed by atoms with van der Waals surface area (Å²) in [5, 5.41) is 0. The summed E-state index contributed by atoms with van der Waals surface area (Å²) in [5.74, 6) is -0.646. The van der Waals surface area contributed by atoms with E-state index in [9.17, 15) is 22.8 Å². The molecule has 1 aromatic carbocycles. The lowest BCUT2D eigenvalue weighted by atomic mass is 10.1. The molecule has 2 atom stereocenters. The number of ether oxygens (including phenoxy) is 2. The van der Waals surface area contributed by atoms with Gasteiger partial charge in [-0.2, -0.15) is 4.31 Å². The van der Waals surface area contributed by atoms with Crippen molar-refractivity contribution in [1.82, 2.24) is 14.1 Å². The number of carbonyl (C=O) groups is 3. The molecule has 3 rings (SSSR count). The number of unbranched alkanes of at least 4 members (excludes halogenated alkanes) is 1. The van der Waals surface area contributed by atoms with Gasteiger partial charge in [0.15, 0.2) is 0 Å². The molecule has 10 nitrogen and oxygen atoms in total. The van der Waals surface area contributed by atoms with Crippen LogP contribution in [0.1, 0.15) is 26.2 Å². The first kappa shape index (κ1) is 24.7. The van der Waals surface area contributed by atoms with E-state index in [-0.39, 0.29) is 31.0 Å². The van der Waals surface area contributed by atoms with Crippen LogP contribution < -0.4 is 4.74 Å². The molecule has 0 unspecified atom stereocenters. The van der Waals surface area contributed by atoms with Gasteiger partial charge in [0.25, 0.3) is 5.91 Å². The number of carbonyl (C=O) groups excluding carboxylic acids is 3. The Morgan fingerprint density at radius 3 is 2.55 bits per heavy atom. The van der Waals surface area contributed by atoms with E-state index in [1.807, 2.05) is 6.92 Å². The number of benzene rings is 1. The highest BCUT2D eigenvalue weighted by Gasteiger charge is 2.51. The molecule has 0 spiro atoms. The number of esters is 1. The smallest absolute Gasteiger partial charge is 0.327 e. The lowest BCUT2D eigenvalue weighted by Crippen LogP contribution is -2.44. The van der Waals surface area contributed by atoms with Crippen molar-refractivity contribution in [2.75, 3.05) is 33.4 Å². The average molecular weight is 480 g/mol. The van der Waals surface area contributed by atoms with Crippen molar-refractivity contribution in [3.63, 3.8) is 0 Å². The van der Waals surface area contributed by atoms with Crippen LogP contribution in [-0.2, 0) is 24.3 Å². The van der Waals surface area contributed by atoms with Crippen LogP contribution in [0.2, 0.25) is 0 Å². The highest BCUT2D eigenvalue weighted by molar-refractivity contribution is 7.89. The van der Waals surface area contributed by atoms with Crippen LogP contribution in [-0.4, -0.2) is 85.9 Å². The zero-order chi connectivity index (χ0) is 24.2. The van der Waals surface area contributed by atoms with Crippen molar-refractivity contribution in [3.8, 4) is 5.75 Å². The first-order valence-corrected chi connectivity index (χ1v) is 12.2. The Hall–Kier alpha value is -2.92. The number of rotatable bonds is 10. The largest absolute Gasteiger partial charge is 0.494 e. The summed E-state index contributed by atoms with van der Waals surface area (Å²) in [6.07, 6.45) is 3.33. The highest BCUT2D eigenvalue weighted by Crippen LogP contribution is 2.32. The van der Waals surface area contributed by atoms with Crippen LogP contribution in [0.15, 0.2) is 41.8 Å². The van der Waals surface area contributed by atoms with Crippen LogP contribution in [0.3, 0.4) is 0 Å². The van der Waals surface area contributed by atoms with Crippen LogP contribution in [0, 0.1) is 0 Å². The van der Waals surface area contributed by atoms with E-state index in [0.29, 0.717) is 12.4 Å². The molecular formula is C22H29N3O7S. The van der Waals surface area contributed by atoms with Gasteiger partial charge in [-0.3, -0.25) is 14.5 Å². The van der Waals surface area contributed by atoms with Crippen molar-refractivity contribution >= 4 is 27.9 Å². The molecule has 33 heavy (non-hydrogen) atoms. The molecule has 0 radical (unpaired) electrons. The normalized spacial score (nSPS) is 21.5. The van der Waals surface area contributed by atoms with Gasteiger partial charge in [0.05, 0.1) is 24.7 Å². The van der Waals surface area contributed by atoms with E-state index in [1.165, 1.54) is 30.2 Å². The molecule has 0 N–H and O–H groups in total. The van der Waals surface area contributed by atoms with E-state index < -0.39 is 40.0 Å². The molecule has 0 bridgehead atoms. The Labute approximate surface area is 193 Å². The number of imide groups is 1. The summed E-state index contributed by atoms with van der Waals surface area (Å²) in [4.78, 5) is 40.0. The van der Waals surface area contributed by atoms with Crippen LogP contribution >= 0.6 is 0 Å². The molecular weight excluding hydrogens is 450 g/mol. The van der Waals surface area contributed by atoms with Gasteiger partial charge in [-0.05, 0) is 37.1 Å². The molecule has 2 aliphatic heterocycles. The third-order valence-electron chi connectivity index (χ3n) is 5.69. The first-order valence-electron chi connectivity index (χ1n) is 10.8. The van der Waals surface area contributed by atoms with Crippen LogP contribution in [0.5, 0.6) is 5.75 Å². The van der Waals surface area contributed by atoms with Crippen molar-refractivity contribution < 1.29 is 32.3 Å². The number of hydrogen-bond donors (Lipinski definition) is 0. The molecule has 0 aliphatic carbocycles. The third kappa shape index (κ3) is 5.03. The maximum atomic E-state index is 13.4. The van der Waals surface area contributed by atoms with E-state index in [4.69, 9.17) is 9.47 Å². The lowest BCUT2D eigenvalue weighted by molar-refractivity contribution is -0.144. The highest BCUT2D eigenvalue weighted by atomic mass is 32.2. The Bertz CT molecular complexity index is 1010. The Morgan fingerprint density at radius 1 is 1.24 bits per heavy atom. The summed E-state index contributed by atoms with van der Waals surface area (Å²) < 4.78 is 38.2. The molecule has 0 aromatic heterocycles. The fourth-order valence-electron chi connectivity index (χ4n) is 3.99. The SMILES string of the molecule is C=CCN1CC(=O)N([C@H]2C[C@H](C(=O)OC)N(S(=O)(=O)c3ccc(OCCCC)cc3)C2)C1=O. The Morgan fingerprint density at radius 2 is 1.94 bits per heavy atom. The minimum absolute atomic E-state index is 0.0211. The fraction of sp³-hybridized carbons (Fsp3) is 0.500. The van der Waals surface area contributed by atoms with E-state index >= 15 is 0 Å². The summed E-state index contributed by atoms with van der Waals surface area (Å²) in [7, 11) is -2.94. The lowest BCUT2D eigenvalue weighted by Gasteiger charge is -2.23. The number of hydrogen-bond acceptors (Lipinski definition) is 7. The summed E-state index contributed by atoms with van der Waals surface area (Å²) in [6, 6.07) is 3.48. The van der Waals surface area contributed by atoms with Gasteiger partial charge in [-0.25, -0.2) is 13.2 Å². The molecule has 1 aromatic rings. The maximum Gasteiger partial charge on any atom is 0.327 e. The maximum absolute atomic E-state index is 13.4. The molecule has 2 heterocycles. The van der Waals surface area contributed by atoms with Crippen LogP contribution in [0.4, 0.5) is 4.79 Å². The predicted octanol–water partition coefficient (Wildman–Crippen LogP) is 1.62. The number of nitrogens with zero attached hydrogens (tertiary/aromatic N) is 3. The van der Waals surface area contributed by atoms with Gasteiger partial charge in [-0.1, -0.05) is 19.4 Å². The van der Waals surface area contributed by atoms with Gasteiger partial charge in [-0.15, -0.1) is 6.58 Å². The number of urea groups is 1. The topological polar surface area (TPSA) is 114 Å². The molecule has 11 heteroatoms. The number of amides is 3. The molecule has 2 fully saturated rings. The Balaban J connectivity index is 1.84. The fourth-order valence-corrected chi connectivity index (χ4v) is 5.62. The first-order chi connectivity index (χ1) is 15.7. The molecule has 3 amide bonds. The molecule has 180 valence electrons.